The smallest absolute Gasteiger partial charge is 0.335 e. The molecule has 150 valence electrons. The van der Waals surface area contributed by atoms with E-state index in [0.717, 1.165) is 4.90 Å². The predicted octanol–water partition coefficient (Wildman–Crippen LogP) is 3.88. The minimum atomic E-state index is -1.03. The molecule has 0 aliphatic carbocycles. The van der Waals surface area contributed by atoms with E-state index in [-0.39, 0.29) is 23.4 Å². The van der Waals surface area contributed by atoms with Gasteiger partial charge in [-0.2, -0.15) is 0 Å². The van der Waals surface area contributed by atoms with Gasteiger partial charge in [-0.3, -0.25) is 9.69 Å². The lowest BCUT2D eigenvalue weighted by atomic mass is 10.1. The van der Waals surface area contributed by atoms with Gasteiger partial charge in [-0.1, -0.05) is 30.3 Å². The second kappa shape index (κ2) is 7.67. The van der Waals surface area contributed by atoms with Crippen molar-refractivity contribution in [2.75, 3.05) is 0 Å². The number of furan rings is 1. The molecule has 2 aromatic carbocycles. The van der Waals surface area contributed by atoms with Gasteiger partial charge in [0.2, 0.25) is 0 Å². The van der Waals surface area contributed by atoms with Crippen molar-refractivity contribution in [3.05, 3.63) is 89.1 Å². The van der Waals surface area contributed by atoms with Gasteiger partial charge in [-0.05, 0) is 30.3 Å². The van der Waals surface area contributed by atoms with Gasteiger partial charge in [0.1, 0.15) is 23.0 Å². The van der Waals surface area contributed by atoms with E-state index in [1.54, 1.807) is 30.3 Å². The molecule has 0 spiro atoms. The summed E-state index contributed by atoms with van der Waals surface area (Å²) < 4.78 is 19.5. The number of rotatable bonds is 5. The van der Waals surface area contributed by atoms with Crippen molar-refractivity contribution in [2.24, 2.45) is 0 Å². The normalized spacial score (nSPS) is 15.0. The van der Waals surface area contributed by atoms with Crippen LogP contribution in [0.1, 0.15) is 21.7 Å². The highest BCUT2D eigenvalue weighted by Crippen LogP contribution is 2.25. The maximum atomic E-state index is 13.8. The van der Waals surface area contributed by atoms with E-state index in [4.69, 9.17) is 9.52 Å². The van der Waals surface area contributed by atoms with Crippen molar-refractivity contribution in [1.29, 1.82) is 0 Å². The molecular weight excluding hydrogens is 391 g/mol. The molecule has 1 aliphatic rings. The zero-order valence-electron chi connectivity index (χ0n) is 15.5. The SMILES string of the molecule is O=C(O)c1ccc(-c2ccc(/C=C3\NC(=O)N(Cc4ccccc4F)C3=O)o2)cc1. The molecule has 2 heterocycles. The van der Waals surface area contributed by atoms with Crippen molar-refractivity contribution >= 4 is 24.0 Å². The summed E-state index contributed by atoms with van der Waals surface area (Å²) in [4.78, 5) is 36.6. The number of nitrogens with zero attached hydrogens (tertiary/aromatic N) is 1. The van der Waals surface area contributed by atoms with Crippen LogP contribution in [0, 0.1) is 5.82 Å². The van der Waals surface area contributed by atoms with Crippen LogP contribution in [-0.4, -0.2) is 27.9 Å². The Bertz CT molecular complexity index is 1180. The first-order chi connectivity index (χ1) is 14.4. The van der Waals surface area contributed by atoms with Crippen LogP contribution in [0.25, 0.3) is 17.4 Å². The molecule has 0 bridgehead atoms. The fourth-order valence-electron chi connectivity index (χ4n) is 3.02. The van der Waals surface area contributed by atoms with E-state index in [1.165, 1.54) is 36.4 Å². The fraction of sp³-hybridized carbons (Fsp3) is 0.0455. The molecule has 1 aromatic heterocycles. The maximum absolute atomic E-state index is 13.8. The van der Waals surface area contributed by atoms with E-state index in [2.05, 4.69) is 5.32 Å². The number of nitrogens with one attached hydrogen (secondary N) is 1. The first-order valence-corrected chi connectivity index (χ1v) is 8.94. The first-order valence-electron chi connectivity index (χ1n) is 8.94. The number of aromatic carboxylic acids is 1. The second-order valence-electron chi connectivity index (χ2n) is 6.56. The molecule has 8 heteroatoms. The third-order valence-corrected chi connectivity index (χ3v) is 4.58. The minimum absolute atomic E-state index is 0.0125. The lowest BCUT2D eigenvalue weighted by molar-refractivity contribution is -0.123. The Kier molecular flexibility index (Phi) is 4.89. The van der Waals surface area contributed by atoms with E-state index >= 15 is 0 Å². The Morgan fingerprint density at radius 1 is 1.07 bits per heavy atom. The summed E-state index contributed by atoms with van der Waals surface area (Å²) in [6.45, 7) is -0.186. The summed E-state index contributed by atoms with van der Waals surface area (Å²) in [7, 11) is 0. The van der Waals surface area contributed by atoms with Crippen molar-refractivity contribution in [3.63, 3.8) is 0 Å². The summed E-state index contributed by atoms with van der Waals surface area (Å²) >= 11 is 0. The second-order valence-corrected chi connectivity index (χ2v) is 6.56. The molecule has 0 radical (unpaired) electrons. The van der Waals surface area contributed by atoms with Crippen LogP contribution in [0.5, 0.6) is 0 Å². The zero-order chi connectivity index (χ0) is 21.3. The summed E-state index contributed by atoms with van der Waals surface area (Å²) in [5.74, 6) is -1.32. The van der Waals surface area contributed by atoms with Crippen LogP contribution < -0.4 is 5.32 Å². The average Bonchev–Trinajstić information content (AvgIpc) is 3.30. The number of hydrogen-bond acceptors (Lipinski definition) is 4. The monoisotopic (exact) mass is 406 g/mol. The number of hydrogen-bond donors (Lipinski definition) is 2. The largest absolute Gasteiger partial charge is 0.478 e. The highest BCUT2D eigenvalue weighted by Gasteiger charge is 2.34. The van der Waals surface area contributed by atoms with Crippen LogP contribution in [0.3, 0.4) is 0 Å². The average molecular weight is 406 g/mol. The molecule has 7 nitrogen and oxygen atoms in total. The Labute approximate surface area is 170 Å². The number of benzene rings is 2. The van der Waals surface area contributed by atoms with Gasteiger partial charge in [0.15, 0.2) is 0 Å². The molecule has 0 unspecified atom stereocenters. The van der Waals surface area contributed by atoms with E-state index in [1.807, 2.05) is 0 Å². The predicted molar refractivity (Wildman–Crippen MR) is 105 cm³/mol. The molecule has 1 fully saturated rings. The van der Waals surface area contributed by atoms with Crippen LogP contribution in [-0.2, 0) is 11.3 Å². The maximum Gasteiger partial charge on any atom is 0.335 e. The molecule has 3 aromatic rings. The van der Waals surface area contributed by atoms with Gasteiger partial charge in [0, 0.05) is 17.2 Å². The Hall–Kier alpha value is -4.20. The van der Waals surface area contributed by atoms with Crippen molar-refractivity contribution in [2.45, 2.75) is 6.54 Å². The van der Waals surface area contributed by atoms with Crippen LogP contribution in [0.2, 0.25) is 0 Å². The first kappa shape index (κ1) is 19.1. The highest BCUT2D eigenvalue weighted by molar-refractivity contribution is 6.13. The van der Waals surface area contributed by atoms with Crippen LogP contribution in [0.4, 0.5) is 9.18 Å². The van der Waals surface area contributed by atoms with Gasteiger partial charge in [-0.25, -0.2) is 14.0 Å². The number of amides is 3. The third-order valence-electron chi connectivity index (χ3n) is 4.58. The Balaban J connectivity index is 1.53. The quantitative estimate of drug-likeness (QED) is 0.495. The number of carboxylic acids is 1. The lowest BCUT2D eigenvalue weighted by Crippen LogP contribution is -2.30. The molecule has 2 N–H and O–H groups in total. The Morgan fingerprint density at radius 3 is 2.50 bits per heavy atom. The highest BCUT2D eigenvalue weighted by atomic mass is 19.1. The number of carbonyl (C=O) groups excluding carboxylic acids is 2. The molecule has 30 heavy (non-hydrogen) atoms. The van der Waals surface area contributed by atoms with Gasteiger partial charge < -0.3 is 14.8 Å². The van der Waals surface area contributed by atoms with E-state index in [0.29, 0.717) is 17.1 Å². The lowest BCUT2D eigenvalue weighted by Gasteiger charge is -2.12. The third kappa shape index (κ3) is 3.70. The number of halogens is 1. The van der Waals surface area contributed by atoms with Crippen LogP contribution >= 0.6 is 0 Å². The van der Waals surface area contributed by atoms with Crippen molar-refractivity contribution in [1.82, 2.24) is 10.2 Å². The number of imide groups is 1. The fourth-order valence-corrected chi connectivity index (χ4v) is 3.02. The minimum Gasteiger partial charge on any atom is -0.478 e. The topological polar surface area (TPSA) is 99.9 Å². The standard InChI is InChI=1S/C22H15FN2O5/c23-17-4-2-1-3-15(17)12-25-20(26)18(24-22(25)29)11-16-9-10-19(30-16)13-5-7-14(8-6-13)21(27)28/h1-11H,12H2,(H,24,29)(H,27,28)/b18-11-. The summed E-state index contributed by atoms with van der Waals surface area (Å²) in [5, 5.41) is 11.4. The molecule has 4 rings (SSSR count). The molecule has 3 amide bonds. The molecule has 1 saturated heterocycles. The summed E-state index contributed by atoms with van der Waals surface area (Å²) in [6, 6.07) is 14.7. The number of urea groups is 1. The van der Waals surface area contributed by atoms with Gasteiger partial charge in [0.05, 0.1) is 12.1 Å². The van der Waals surface area contributed by atoms with E-state index in [9.17, 15) is 18.8 Å². The summed E-state index contributed by atoms with van der Waals surface area (Å²) in [6.07, 6.45) is 1.39. The molecular formula is C22H15FN2O5. The van der Waals surface area contributed by atoms with Crippen molar-refractivity contribution in [3.8, 4) is 11.3 Å². The summed E-state index contributed by atoms with van der Waals surface area (Å²) in [5.41, 5.74) is 1.06. The van der Waals surface area contributed by atoms with Gasteiger partial charge in [0.25, 0.3) is 5.91 Å². The molecule has 1 aliphatic heterocycles. The van der Waals surface area contributed by atoms with Gasteiger partial charge >= 0.3 is 12.0 Å². The molecule has 0 atom stereocenters. The number of carboxylic acid groups (broad SMARTS) is 1. The van der Waals surface area contributed by atoms with E-state index < -0.39 is 23.7 Å². The zero-order valence-corrected chi connectivity index (χ0v) is 15.5. The number of carbonyl (C=O) groups is 3. The Morgan fingerprint density at radius 2 is 1.80 bits per heavy atom. The van der Waals surface area contributed by atoms with Crippen LogP contribution in [0.15, 0.2) is 70.8 Å². The van der Waals surface area contributed by atoms with Gasteiger partial charge in [-0.15, -0.1) is 0 Å². The van der Waals surface area contributed by atoms with Crippen molar-refractivity contribution < 1.29 is 28.3 Å². The molecule has 0 saturated carbocycles.